The van der Waals surface area contributed by atoms with Crippen LogP contribution in [0.15, 0.2) is 133 Å². The number of ketones is 3. The molecule has 1 heterocycles. The van der Waals surface area contributed by atoms with Crippen LogP contribution in [0.5, 0.6) is 0 Å². The predicted molar refractivity (Wildman–Crippen MR) is 311 cm³/mol. The molecule has 14 nitrogen and oxygen atoms in total. The second-order valence-electron chi connectivity index (χ2n) is 19.7. The van der Waals surface area contributed by atoms with Crippen LogP contribution < -0.4 is 20.9 Å². The SMILES string of the molecule is CCc1cc(C(=O)Cc2ccc(S(N)(=O)=O)c(C)c2)ccc1B1OC(C)(C)C(C)(C)O1.CCc1cc(C(=O)Cc2ccc(S(N)(=O)=O)c(C)c2)ccc1Br.Cc1cc(CC(=O)c2ccc(Br)c(CCl)c2)ccc1S(N)(=O)=O. The summed E-state index contributed by atoms with van der Waals surface area (Å²) in [6.45, 7) is 17.1. The van der Waals surface area contributed by atoms with Crippen LogP contribution in [0.25, 0.3) is 0 Å². The van der Waals surface area contributed by atoms with Crippen molar-refractivity contribution in [2.45, 2.75) is 126 Å². The van der Waals surface area contributed by atoms with Crippen molar-refractivity contribution >= 4 is 103 Å². The normalized spacial score (nSPS) is 14.0. The summed E-state index contributed by atoms with van der Waals surface area (Å²) in [5.41, 5.74) is 8.65. The van der Waals surface area contributed by atoms with Gasteiger partial charge in [-0.2, -0.15) is 0 Å². The predicted octanol–water partition coefficient (Wildman–Crippen LogP) is 9.89. The fourth-order valence-electron chi connectivity index (χ4n) is 8.44. The molecule has 0 aromatic heterocycles. The van der Waals surface area contributed by atoms with E-state index in [0.717, 1.165) is 60.6 Å². The molecule has 77 heavy (non-hydrogen) atoms. The van der Waals surface area contributed by atoms with Gasteiger partial charge in [0.1, 0.15) is 0 Å². The third-order valence-electron chi connectivity index (χ3n) is 13.3. The first-order valence-electron chi connectivity index (χ1n) is 24.3. The molecule has 1 fully saturated rings. The van der Waals surface area contributed by atoms with Crippen molar-refractivity contribution in [2.75, 3.05) is 0 Å². The molecular formula is C56H63BBr2ClN3O11S3. The largest absolute Gasteiger partial charge is 0.495 e. The molecular weight excluding hydrogens is 1190 g/mol. The second kappa shape index (κ2) is 25.6. The summed E-state index contributed by atoms with van der Waals surface area (Å²) in [6, 6.07) is 30.7. The first-order chi connectivity index (χ1) is 35.7. The van der Waals surface area contributed by atoms with Crippen molar-refractivity contribution < 1.29 is 48.9 Å². The number of aryl methyl sites for hydroxylation is 5. The molecule has 0 aliphatic carbocycles. The van der Waals surface area contributed by atoms with E-state index in [2.05, 4.69) is 31.9 Å². The van der Waals surface area contributed by atoms with Gasteiger partial charge in [-0.3, -0.25) is 14.4 Å². The molecule has 1 aliphatic heterocycles. The van der Waals surface area contributed by atoms with Gasteiger partial charge in [-0.25, -0.2) is 40.7 Å². The monoisotopic (exact) mass is 1250 g/mol. The minimum absolute atomic E-state index is 0.00467. The highest BCUT2D eigenvalue weighted by Gasteiger charge is 2.52. The number of carbonyl (C=O) groups excluding carboxylic acids is 3. The molecule has 410 valence electrons. The van der Waals surface area contributed by atoms with Crippen LogP contribution in [0.1, 0.15) is 123 Å². The number of halogens is 3. The van der Waals surface area contributed by atoms with Gasteiger partial charge in [0.05, 0.1) is 25.9 Å². The van der Waals surface area contributed by atoms with Gasteiger partial charge in [-0.05, 0) is 165 Å². The summed E-state index contributed by atoms with van der Waals surface area (Å²) in [5.74, 6) is 0.198. The van der Waals surface area contributed by atoms with Crippen LogP contribution in [0.3, 0.4) is 0 Å². The minimum Gasteiger partial charge on any atom is -0.399 e. The Morgan fingerprint density at radius 2 is 0.805 bits per heavy atom. The lowest BCUT2D eigenvalue weighted by atomic mass is 9.74. The lowest BCUT2D eigenvalue weighted by molar-refractivity contribution is 0.00578. The van der Waals surface area contributed by atoms with Crippen LogP contribution in [0, 0.1) is 20.8 Å². The Balaban J connectivity index is 0.000000217. The number of Topliss-reactive ketones (excluding diaryl/α,β-unsaturated/α-hetero) is 3. The number of primary sulfonamides is 3. The van der Waals surface area contributed by atoms with Gasteiger partial charge in [0.15, 0.2) is 17.3 Å². The highest BCUT2D eigenvalue weighted by molar-refractivity contribution is 9.10. The number of alkyl halides is 1. The number of hydrogen-bond donors (Lipinski definition) is 3. The molecule has 0 spiro atoms. The Morgan fingerprint density at radius 3 is 1.12 bits per heavy atom. The third kappa shape index (κ3) is 16.4. The Labute approximate surface area is 475 Å². The van der Waals surface area contributed by atoms with E-state index in [1.54, 1.807) is 87.5 Å². The summed E-state index contributed by atoms with van der Waals surface area (Å²) >= 11 is 12.7. The quantitative estimate of drug-likeness (QED) is 0.0467. The van der Waals surface area contributed by atoms with Crippen molar-refractivity contribution in [3.63, 3.8) is 0 Å². The van der Waals surface area contributed by atoms with Crippen LogP contribution >= 0.6 is 43.5 Å². The van der Waals surface area contributed by atoms with Crippen LogP contribution in [-0.4, -0.2) is 60.9 Å². The molecule has 1 saturated heterocycles. The van der Waals surface area contributed by atoms with Gasteiger partial charge in [0, 0.05) is 50.8 Å². The maximum atomic E-state index is 12.9. The van der Waals surface area contributed by atoms with Crippen molar-refractivity contribution in [3.8, 4) is 0 Å². The van der Waals surface area contributed by atoms with Crippen LogP contribution in [-0.2, 0) is 77.4 Å². The van der Waals surface area contributed by atoms with Crippen LogP contribution in [0.2, 0.25) is 0 Å². The summed E-state index contributed by atoms with van der Waals surface area (Å²) in [6.07, 6.45) is 2.14. The fraction of sp³-hybridized carbons (Fsp3) is 0.304. The Kier molecular flexibility index (Phi) is 21.0. The highest BCUT2D eigenvalue weighted by Crippen LogP contribution is 2.37. The standard InChI is InChI=1S/C23H30BNO5S.C17H18BrNO3S.C16H15BrClNO3S/c1-7-17-14-18(9-10-19(17)24-29-22(3,4)23(5,6)30-24)20(26)13-16-8-11-21(15(2)12-16)31(25,27)28;1-3-13-10-14(5-6-15(13)18)16(20)9-12-4-7-17(11(2)8-12)23(19,21)22;1-10-6-11(2-5-16(10)23(19,21)22)7-15(20)12-3-4-14(17)13(8-12)9-18/h8-12,14H,7,13H2,1-6H3,(H2,25,27,28);4-8,10H,3,9H2,1-2H3,(H2,19,21,22);2-6,8H,7,9H2,1H3,(H2,19,21,22). The van der Waals surface area contributed by atoms with Crippen molar-refractivity contribution in [1.82, 2.24) is 0 Å². The average molecular weight is 1260 g/mol. The molecule has 21 heteroatoms. The van der Waals surface area contributed by atoms with E-state index < -0.39 is 48.4 Å². The van der Waals surface area contributed by atoms with E-state index in [1.807, 2.05) is 65.8 Å². The Morgan fingerprint density at radius 1 is 0.494 bits per heavy atom. The zero-order chi connectivity index (χ0) is 57.6. The molecule has 0 unspecified atom stereocenters. The van der Waals surface area contributed by atoms with Crippen molar-refractivity contribution in [2.24, 2.45) is 15.4 Å². The first-order valence-corrected chi connectivity index (χ1v) is 31.0. The summed E-state index contributed by atoms with van der Waals surface area (Å²) < 4.78 is 83.0. The zero-order valence-corrected chi connectivity index (χ0v) is 50.7. The molecule has 0 atom stereocenters. The van der Waals surface area contributed by atoms with Crippen molar-refractivity contribution in [1.29, 1.82) is 0 Å². The number of rotatable bonds is 16. The summed E-state index contributed by atoms with van der Waals surface area (Å²) in [5, 5.41) is 15.5. The molecule has 7 rings (SSSR count). The summed E-state index contributed by atoms with van der Waals surface area (Å²) in [7, 11) is -11.7. The number of nitrogens with two attached hydrogens (primary N) is 3. The molecule has 6 N–H and O–H groups in total. The molecule has 0 amide bonds. The average Bonchev–Trinajstić information content (AvgIpc) is 3.56. The maximum absolute atomic E-state index is 12.9. The topological polar surface area (TPSA) is 250 Å². The summed E-state index contributed by atoms with van der Waals surface area (Å²) in [4.78, 5) is 38.0. The van der Waals surface area contributed by atoms with E-state index in [-0.39, 0.29) is 51.3 Å². The third-order valence-corrected chi connectivity index (χ3v) is 18.4. The zero-order valence-electron chi connectivity index (χ0n) is 44.3. The lowest BCUT2D eigenvalue weighted by Crippen LogP contribution is -2.41. The van der Waals surface area contributed by atoms with Gasteiger partial charge in [0.25, 0.3) is 0 Å². The molecule has 0 radical (unpaired) electrons. The number of hydrogen-bond acceptors (Lipinski definition) is 11. The molecule has 0 bridgehead atoms. The second-order valence-corrected chi connectivity index (χ2v) is 26.3. The van der Waals surface area contributed by atoms with E-state index in [9.17, 15) is 39.6 Å². The van der Waals surface area contributed by atoms with Crippen LogP contribution in [0.4, 0.5) is 0 Å². The number of carbonyl (C=O) groups is 3. The van der Waals surface area contributed by atoms with Gasteiger partial charge in [0.2, 0.25) is 30.1 Å². The smallest absolute Gasteiger partial charge is 0.399 e. The highest BCUT2D eigenvalue weighted by atomic mass is 79.9. The Bertz CT molecular complexity index is 3430. The Hall–Kier alpha value is -4.71. The fourth-order valence-corrected chi connectivity index (χ4v) is 12.0. The molecule has 6 aromatic carbocycles. The number of benzene rings is 6. The molecule has 1 aliphatic rings. The minimum atomic E-state index is -3.78. The van der Waals surface area contributed by atoms with E-state index in [0.29, 0.717) is 39.3 Å². The van der Waals surface area contributed by atoms with Gasteiger partial charge in [-0.15, -0.1) is 11.6 Å². The lowest BCUT2D eigenvalue weighted by Gasteiger charge is -2.32. The maximum Gasteiger partial charge on any atom is 0.495 e. The number of sulfonamides is 3. The molecule has 0 saturated carbocycles. The van der Waals surface area contributed by atoms with E-state index >= 15 is 0 Å². The van der Waals surface area contributed by atoms with Gasteiger partial charge >= 0.3 is 7.12 Å². The van der Waals surface area contributed by atoms with E-state index in [4.69, 9.17) is 36.3 Å². The van der Waals surface area contributed by atoms with Gasteiger partial charge < -0.3 is 9.31 Å². The van der Waals surface area contributed by atoms with E-state index in [1.165, 1.54) is 18.2 Å². The molecule has 6 aromatic rings. The van der Waals surface area contributed by atoms with Crippen molar-refractivity contribution in [3.05, 3.63) is 185 Å². The van der Waals surface area contributed by atoms with Gasteiger partial charge in [-0.1, -0.05) is 106 Å². The first kappa shape index (κ1) is 63.1.